The Bertz CT molecular complexity index is 22.7. The second-order valence-corrected chi connectivity index (χ2v) is 2.44. The van der Waals surface area contributed by atoms with E-state index in [-0.39, 0.29) is 106 Å². The summed E-state index contributed by atoms with van der Waals surface area (Å²) in [6, 6.07) is 0. The smallest absolute Gasteiger partial charge is 0 e. The SMILES string of the molecule is CC.CC.CC.CC(C)C.CCC.[CH3-].[Y].[Y].[Y]. The van der Waals surface area contributed by atoms with Crippen LogP contribution < -0.4 is 0 Å². The van der Waals surface area contributed by atoms with Crippen LogP contribution in [-0.2, 0) is 98.1 Å². The molecule has 0 fully saturated rings. The van der Waals surface area contributed by atoms with Crippen molar-refractivity contribution in [3.05, 3.63) is 7.43 Å². The number of rotatable bonds is 0. The largest absolute Gasteiger partial charge is 0.358 e. The first-order valence-electron chi connectivity index (χ1n) is 6.15. The van der Waals surface area contributed by atoms with E-state index in [0.29, 0.717) is 0 Å². The maximum Gasteiger partial charge on any atom is 0 e. The summed E-state index contributed by atoms with van der Waals surface area (Å²) in [4.78, 5) is 0. The summed E-state index contributed by atoms with van der Waals surface area (Å²) in [6.07, 6.45) is 1.25. The minimum absolute atomic E-state index is 0. The normalized spacial score (nSPS) is 4.24. The van der Waals surface area contributed by atoms with Crippen LogP contribution in [-0.4, -0.2) is 0 Å². The van der Waals surface area contributed by atoms with Gasteiger partial charge in [0.15, 0.2) is 0 Å². The van der Waals surface area contributed by atoms with E-state index in [1.165, 1.54) is 6.42 Å². The van der Waals surface area contributed by atoms with Crippen molar-refractivity contribution in [2.75, 3.05) is 0 Å². The van der Waals surface area contributed by atoms with Gasteiger partial charge < -0.3 is 7.43 Å². The van der Waals surface area contributed by atoms with Crippen molar-refractivity contribution in [2.45, 2.75) is 82.6 Å². The third-order valence-corrected chi connectivity index (χ3v) is 0. The first kappa shape index (κ1) is 59.2. The number of hydrogen-bond donors (Lipinski definition) is 0. The predicted octanol–water partition coefficient (Wildman–Crippen LogP) is 6.60. The maximum absolute atomic E-state index is 2.17. The van der Waals surface area contributed by atoms with Crippen molar-refractivity contribution in [3.63, 3.8) is 0 Å². The summed E-state index contributed by atoms with van der Waals surface area (Å²) in [6.45, 7) is 22.8. The van der Waals surface area contributed by atoms with Gasteiger partial charge in [0.2, 0.25) is 0 Å². The molecule has 0 atom stereocenters. The molecule has 0 aliphatic rings. The summed E-state index contributed by atoms with van der Waals surface area (Å²) in [5.41, 5.74) is 0. The molecule has 0 spiro atoms. The molecule has 3 heteroatoms. The van der Waals surface area contributed by atoms with E-state index in [4.69, 9.17) is 0 Å². The second kappa shape index (κ2) is 121. The first-order chi connectivity index (χ1) is 6.15. The van der Waals surface area contributed by atoms with Gasteiger partial charge in [0.05, 0.1) is 0 Å². The van der Waals surface area contributed by atoms with Crippen LogP contribution in [0.2, 0.25) is 0 Å². The van der Waals surface area contributed by atoms with Crippen molar-refractivity contribution in [3.8, 4) is 0 Å². The second-order valence-electron chi connectivity index (χ2n) is 2.44. The fourth-order valence-corrected chi connectivity index (χ4v) is 0. The molecule has 0 aliphatic heterocycles. The van der Waals surface area contributed by atoms with Crippen LogP contribution in [0.3, 0.4) is 0 Å². The Morgan fingerprint density at radius 3 is 0.588 bits per heavy atom. The molecule has 0 N–H and O–H groups in total. The van der Waals surface area contributed by atoms with E-state index >= 15 is 0 Å². The summed E-state index contributed by atoms with van der Waals surface area (Å²) in [7, 11) is 0. The average molecular weight is 474 g/mol. The third-order valence-electron chi connectivity index (χ3n) is 0. The third kappa shape index (κ3) is 528. The van der Waals surface area contributed by atoms with Gasteiger partial charge in [0, 0.05) is 98.1 Å². The average Bonchev–Trinajstić information content (AvgIpc) is 2.14. The molecular weight excluding hydrogens is 435 g/mol. The Labute approximate surface area is 191 Å². The van der Waals surface area contributed by atoms with Gasteiger partial charge in [-0.15, -0.1) is 0 Å². The Hall–Kier alpha value is 3.31. The molecule has 17 heavy (non-hydrogen) atoms. The van der Waals surface area contributed by atoms with Crippen LogP contribution in [0, 0.1) is 13.3 Å². The molecule has 0 amide bonds. The number of hydrogen-bond acceptors (Lipinski definition) is 0. The van der Waals surface area contributed by atoms with Crippen molar-refractivity contribution in [2.24, 2.45) is 5.92 Å². The first-order valence-corrected chi connectivity index (χ1v) is 6.15. The zero-order valence-electron chi connectivity index (χ0n) is 15.0. The molecule has 3 radical (unpaired) electrons. The fraction of sp³-hybridized carbons (Fsp3) is 0.929. The van der Waals surface area contributed by atoms with Gasteiger partial charge in [0.1, 0.15) is 0 Å². The van der Waals surface area contributed by atoms with Gasteiger partial charge >= 0.3 is 0 Å². The monoisotopic (exact) mass is 474 g/mol. The molecule has 0 aliphatic carbocycles. The summed E-state index contributed by atoms with van der Waals surface area (Å²) < 4.78 is 0. The quantitative estimate of drug-likeness (QED) is 0.347. The van der Waals surface area contributed by atoms with E-state index < -0.39 is 0 Å². The zero-order chi connectivity index (χ0) is 12.3. The molecule has 0 unspecified atom stereocenters. The minimum atomic E-state index is 0. The molecule has 0 heterocycles. The van der Waals surface area contributed by atoms with Crippen molar-refractivity contribution in [1.29, 1.82) is 0 Å². The Morgan fingerprint density at radius 1 is 0.588 bits per heavy atom. The van der Waals surface area contributed by atoms with Gasteiger partial charge in [0.25, 0.3) is 0 Å². The molecule has 0 bridgehead atoms. The van der Waals surface area contributed by atoms with E-state index in [9.17, 15) is 0 Å². The van der Waals surface area contributed by atoms with E-state index in [1.54, 1.807) is 0 Å². The van der Waals surface area contributed by atoms with Crippen molar-refractivity contribution < 1.29 is 98.1 Å². The summed E-state index contributed by atoms with van der Waals surface area (Å²) in [5.74, 6) is 0.833. The molecular formula is C14H39Y3-. The maximum atomic E-state index is 2.17. The predicted molar refractivity (Wildman–Crippen MR) is 76.9 cm³/mol. The fourth-order valence-electron chi connectivity index (χ4n) is 0. The molecule has 0 saturated carbocycles. The van der Waals surface area contributed by atoms with Gasteiger partial charge in [-0.25, -0.2) is 0 Å². The molecule has 0 aromatic carbocycles. The minimum Gasteiger partial charge on any atom is -0.358 e. The molecule has 0 aromatic rings. The topological polar surface area (TPSA) is 0 Å². The van der Waals surface area contributed by atoms with Crippen LogP contribution in [0.25, 0.3) is 0 Å². The Balaban J connectivity index is -0.00000000656. The molecule has 105 valence electrons. The standard InChI is InChI=1S/C4H10.C3H8.3C2H6.CH3.3Y/c1-4(2)3;1-3-2;3*1-2;;;;/h4H,1-3H3;3H2,1-2H3;3*1-2H3;1H3;;;/q;;;;;-1;;;. The van der Waals surface area contributed by atoms with Gasteiger partial charge in [-0.2, -0.15) is 0 Å². The van der Waals surface area contributed by atoms with Crippen molar-refractivity contribution >= 4 is 0 Å². The van der Waals surface area contributed by atoms with Crippen LogP contribution in [0.5, 0.6) is 0 Å². The molecule has 0 saturated heterocycles. The molecule has 0 rings (SSSR count). The van der Waals surface area contributed by atoms with Crippen LogP contribution >= 0.6 is 0 Å². The van der Waals surface area contributed by atoms with E-state index in [0.717, 1.165) is 5.92 Å². The van der Waals surface area contributed by atoms with Crippen LogP contribution in [0.4, 0.5) is 0 Å². The van der Waals surface area contributed by atoms with Gasteiger partial charge in [-0.05, 0) is 5.92 Å². The zero-order valence-corrected chi connectivity index (χ0v) is 23.5. The van der Waals surface area contributed by atoms with E-state index in [2.05, 4.69) is 34.6 Å². The van der Waals surface area contributed by atoms with Gasteiger partial charge in [-0.1, -0.05) is 82.6 Å². The van der Waals surface area contributed by atoms with Crippen LogP contribution in [0.15, 0.2) is 0 Å². The molecule has 0 nitrogen and oxygen atoms in total. The van der Waals surface area contributed by atoms with Gasteiger partial charge in [-0.3, -0.25) is 0 Å². The Morgan fingerprint density at radius 2 is 0.588 bits per heavy atom. The Kier molecular flexibility index (Phi) is 422. The summed E-state index contributed by atoms with van der Waals surface area (Å²) >= 11 is 0. The summed E-state index contributed by atoms with van der Waals surface area (Å²) in [5, 5.41) is 0. The van der Waals surface area contributed by atoms with Crippen molar-refractivity contribution in [1.82, 2.24) is 0 Å². The van der Waals surface area contributed by atoms with E-state index in [1.807, 2.05) is 41.5 Å². The molecule has 0 aromatic heterocycles. The van der Waals surface area contributed by atoms with Crippen LogP contribution in [0.1, 0.15) is 82.6 Å².